The molecule has 4 heteroatoms. The van der Waals surface area contributed by atoms with Crippen molar-refractivity contribution in [1.82, 2.24) is 9.80 Å². The number of carbonyl (C=O) groups excluding carboxylic acids is 1. The first-order chi connectivity index (χ1) is 7.42. The molecule has 4 nitrogen and oxygen atoms in total. The SMILES string of the molecule is CCOC(=O)N1CCN(CC(C)(C)C)CC1. The van der Waals surface area contributed by atoms with Crippen molar-refractivity contribution in [1.29, 1.82) is 0 Å². The van der Waals surface area contributed by atoms with Gasteiger partial charge in [0.15, 0.2) is 0 Å². The fourth-order valence-corrected chi connectivity index (χ4v) is 1.97. The van der Waals surface area contributed by atoms with Gasteiger partial charge in [0.2, 0.25) is 0 Å². The van der Waals surface area contributed by atoms with Gasteiger partial charge in [0, 0.05) is 32.7 Å². The van der Waals surface area contributed by atoms with Crippen LogP contribution in [0.3, 0.4) is 0 Å². The largest absolute Gasteiger partial charge is 0.450 e. The molecule has 0 atom stereocenters. The molecule has 0 N–H and O–H groups in total. The second-order valence-corrected chi connectivity index (χ2v) is 5.52. The number of ether oxygens (including phenoxy) is 1. The highest BCUT2D eigenvalue weighted by atomic mass is 16.6. The summed E-state index contributed by atoms with van der Waals surface area (Å²) in [4.78, 5) is 15.7. The Morgan fingerprint density at radius 2 is 1.75 bits per heavy atom. The Morgan fingerprint density at radius 3 is 2.19 bits per heavy atom. The van der Waals surface area contributed by atoms with Crippen molar-refractivity contribution in [2.24, 2.45) is 5.41 Å². The molecule has 1 amide bonds. The standard InChI is InChI=1S/C12H24N2O2/c1-5-16-11(15)14-8-6-13(7-9-14)10-12(2,3)4/h5-10H2,1-4H3. The summed E-state index contributed by atoms with van der Waals surface area (Å²) in [5, 5.41) is 0. The summed E-state index contributed by atoms with van der Waals surface area (Å²) in [5.41, 5.74) is 0.325. The zero-order valence-electron chi connectivity index (χ0n) is 11.0. The van der Waals surface area contributed by atoms with E-state index in [2.05, 4.69) is 25.7 Å². The molecule has 0 bridgehead atoms. The second kappa shape index (κ2) is 5.53. The summed E-state index contributed by atoms with van der Waals surface area (Å²) in [7, 11) is 0. The van der Waals surface area contributed by atoms with Crippen LogP contribution in [0, 0.1) is 5.41 Å². The van der Waals surface area contributed by atoms with Crippen LogP contribution in [0.15, 0.2) is 0 Å². The van der Waals surface area contributed by atoms with E-state index in [1.54, 1.807) is 4.90 Å². The van der Waals surface area contributed by atoms with Gasteiger partial charge in [-0.1, -0.05) is 20.8 Å². The number of carbonyl (C=O) groups is 1. The molecule has 1 aliphatic rings. The highest BCUT2D eigenvalue weighted by molar-refractivity contribution is 5.67. The Hall–Kier alpha value is -0.770. The Kier molecular flexibility index (Phi) is 4.59. The predicted molar refractivity (Wildman–Crippen MR) is 64.5 cm³/mol. The topological polar surface area (TPSA) is 32.8 Å². The summed E-state index contributed by atoms with van der Waals surface area (Å²) in [6, 6.07) is 0. The number of piperazine rings is 1. The molecule has 0 aromatic rings. The van der Waals surface area contributed by atoms with Crippen LogP contribution < -0.4 is 0 Å². The molecule has 16 heavy (non-hydrogen) atoms. The van der Waals surface area contributed by atoms with E-state index in [0.29, 0.717) is 12.0 Å². The van der Waals surface area contributed by atoms with E-state index in [1.807, 2.05) is 6.92 Å². The van der Waals surface area contributed by atoms with Crippen LogP contribution in [0.25, 0.3) is 0 Å². The Balaban J connectivity index is 2.31. The van der Waals surface area contributed by atoms with Gasteiger partial charge in [0.05, 0.1) is 6.61 Å². The molecule has 0 aromatic heterocycles. The third kappa shape index (κ3) is 4.39. The van der Waals surface area contributed by atoms with Crippen molar-refractivity contribution in [2.75, 3.05) is 39.3 Å². The van der Waals surface area contributed by atoms with Crippen molar-refractivity contribution in [2.45, 2.75) is 27.7 Å². The Bertz CT molecular complexity index is 228. The fraction of sp³-hybridized carbons (Fsp3) is 0.917. The molecular formula is C12H24N2O2. The number of hydrogen-bond donors (Lipinski definition) is 0. The van der Waals surface area contributed by atoms with Gasteiger partial charge >= 0.3 is 6.09 Å². The fourth-order valence-electron chi connectivity index (χ4n) is 1.97. The summed E-state index contributed by atoms with van der Waals surface area (Å²) in [6.07, 6.45) is -0.169. The molecular weight excluding hydrogens is 204 g/mol. The first-order valence-corrected chi connectivity index (χ1v) is 6.06. The molecule has 0 saturated carbocycles. The molecule has 1 saturated heterocycles. The maximum atomic E-state index is 11.5. The van der Waals surface area contributed by atoms with E-state index in [-0.39, 0.29) is 6.09 Å². The van der Waals surface area contributed by atoms with Gasteiger partial charge in [0.1, 0.15) is 0 Å². The molecule has 0 spiro atoms. The summed E-state index contributed by atoms with van der Waals surface area (Å²) in [6.45, 7) is 13.6. The monoisotopic (exact) mass is 228 g/mol. The van der Waals surface area contributed by atoms with Crippen LogP contribution in [-0.4, -0.2) is 55.2 Å². The molecule has 94 valence electrons. The minimum atomic E-state index is -0.169. The van der Waals surface area contributed by atoms with E-state index in [1.165, 1.54) is 0 Å². The van der Waals surface area contributed by atoms with E-state index < -0.39 is 0 Å². The second-order valence-electron chi connectivity index (χ2n) is 5.52. The first-order valence-electron chi connectivity index (χ1n) is 6.06. The lowest BCUT2D eigenvalue weighted by atomic mass is 9.96. The van der Waals surface area contributed by atoms with Gasteiger partial charge < -0.3 is 9.64 Å². The summed E-state index contributed by atoms with van der Waals surface area (Å²) in [5.74, 6) is 0. The zero-order valence-corrected chi connectivity index (χ0v) is 11.0. The van der Waals surface area contributed by atoms with E-state index in [0.717, 1.165) is 32.7 Å². The lowest BCUT2D eigenvalue weighted by molar-refractivity contribution is 0.0700. The van der Waals surface area contributed by atoms with Crippen molar-refractivity contribution in [3.8, 4) is 0 Å². The summed E-state index contributed by atoms with van der Waals surface area (Å²) < 4.78 is 4.99. The van der Waals surface area contributed by atoms with E-state index >= 15 is 0 Å². The van der Waals surface area contributed by atoms with Crippen molar-refractivity contribution >= 4 is 6.09 Å². The lowest BCUT2D eigenvalue weighted by Gasteiger charge is -2.37. The maximum absolute atomic E-state index is 11.5. The van der Waals surface area contributed by atoms with Crippen LogP contribution >= 0.6 is 0 Å². The van der Waals surface area contributed by atoms with Gasteiger partial charge in [-0.15, -0.1) is 0 Å². The normalized spacial score (nSPS) is 18.6. The van der Waals surface area contributed by atoms with Crippen LogP contribution in [-0.2, 0) is 4.74 Å². The van der Waals surface area contributed by atoms with Crippen LogP contribution in [0.5, 0.6) is 0 Å². The van der Waals surface area contributed by atoms with Gasteiger partial charge in [-0.3, -0.25) is 4.90 Å². The molecule has 0 aromatic carbocycles. The average molecular weight is 228 g/mol. The first kappa shape index (κ1) is 13.3. The minimum Gasteiger partial charge on any atom is -0.450 e. The molecule has 1 heterocycles. The van der Waals surface area contributed by atoms with Gasteiger partial charge in [-0.2, -0.15) is 0 Å². The Morgan fingerprint density at radius 1 is 1.19 bits per heavy atom. The molecule has 0 unspecified atom stereocenters. The van der Waals surface area contributed by atoms with E-state index in [9.17, 15) is 4.79 Å². The Labute approximate surface area is 98.5 Å². The van der Waals surface area contributed by atoms with Crippen molar-refractivity contribution in [3.05, 3.63) is 0 Å². The number of amides is 1. The number of rotatable bonds is 2. The van der Waals surface area contributed by atoms with Gasteiger partial charge in [-0.25, -0.2) is 4.79 Å². The van der Waals surface area contributed by atoms with Gasteiger partial charge in [-0.05, 0) is 12.3 Å². The van der Waals surface area contributed by atoms with Crippen LogP contribution in [0.1, 0.15) is 27.7 Å². The van der Waals surface area contributed by atoms with Crippen LogP contribution in [0.2, 0.25) is 0 Å². The predicted octanol–water partition coefficient (Wildman–Crippen LogP) is 1.81. The van der Waals surface area contributed by atoms with Crippen molar-refractivity contribution < 1.29 is 9.53 Å². The minimum absolute atomic E-state index is 0.169. The van der Waals surface area contributed by atoms with Crippen molar-refractivity contribution in [3.63, 3.8) is 0 Å². The smallest absolute Gasteiger partial charge is 0.409 e. The zero-order chi connectivity index (χ0) is 12.2. The molecule has 1 fully saturated rings. The molecule has 0 radical (unpaired) electrons. The highest BCUT2D eigenvalue weighted by Gasteiger charge is 2.24. The molecule has 1 aliphatic heterocycles. The maximum Gasteiger partial charge on any atom is 0.409 e. The highest BCUT2D eigenvalue weighted by Crippen LogP contribution is 2.16. The number of hydrogen-bond acceptors (Lipinski definition) is 3. The molecule has 1 rings (SSSR count). The lowest BCUT2D eigenvalue weighted by Crippen LogP contribution is -2.50. The van der Waals surface area contributed by atoms with E-state index in [4.69, 9.17) is 4.74 Å². The molecule has 0 aliphatic carbocycles. The van der Waals surface area contributed by atoms with Gasteiger partial charge in [0.25, 0.3) is 0 Å². The number of nitrogens with zero attached hydrogens (tertiary/aromatic N) is 2. The summed E-state index contributed by atoms with van der Waals surface area (Å²) >= 11 is 0. The average Bonchev–Trinajstić information content (AvgIpc) is 2.16. The third-order valence-electron chi connectivity index (χ3n) is 2.60. The van der Waals surface area contributed by atoms with Crippen LogP contribution in [0.4, 0.5) is 4.79 Å². The quantitative estimate of drug-likeness (QED) is 0.722. The third-order valence-corrected chi connectivity index (χ3v) is 2.60.